The molecule has 0 bridgehead atoms. The van der Waals surface area contributed by atoms with E-state index in [-0.39, 0.29) is 17.3 Å². The number of H-pyrrole nitrogens is 1. The van der Waals surface area contributed by atoms with Gasteiger partial charge in [0.1, 0.15) is 0 Å². The highest BCUT2D eigenvalue weighted by Crippen LogP contribution is 2.06. The van der Waals surface area contributed by atoms with Crippen molar-refractivity contribution >= 4 is 10.9 Å². The Morgan fingerprint density at radius 1 is 1.24 bits per heavy atom. The van der Waals surface area contributed by atoms with Crippen molar-refractivity contribution in [3.05, 3.63) is 45.1 Å². The first-order valence-electron chi connectivity index (χ1n) is 7.20. The Labute approximate surface area is 122 Å². The van der Waals surface area contributed by atoms with Gasteiger partial charge in [-0.05, 0) is 19.1 Å². The number of hydrogen-bond donors (Lipinski definition) is 1. The lowest BCUT2D eigenvalue weighted by Gasteiger charge is -2.32. The third-order valence-corrected chi connectivity index (χ3v) is 4.01. The summed E-state index contributed by atoms with van der Waals surface area (Å²) in [6, 6.07) is 7.21. The first-order chi connectivity index (χ1) is 10.2. The Bertz CT molecular complexity index is 744. The molecule has 6 heteroatoms. The molecular weight excluding hydrogens is 270 g/mol. The van der Waals surface area contributed by atoms with Crippen molar-refractivity contribution in [3.8, 4) is 0 Å². The molecule has 3 rings (SSSR count). The summed E-state index contributed by atoms with van der Waals surface area (Å²) in [6.45, 7) is 5.49. The lowest BCUT2D eigenvalue weighted by atomic mass is 10.2. The van der Waals surface area contributed by atoms with Gasteiger partial charge in [0.15, 0.2) is 0 Å². The standard InChI is InChI=1S/C15H19N3O3/c1-11(17-6-8-21-9-7-17)10-18-14(19)12-4-2-3-5-13(12)16-15(18)20/h2-5,11H,6-10H2,1H3,(H,16,20). The first-order valence-corrected chi connectivity index (χ1v) is 7.20. The van der Waals surface area contributed by atoms with Gasteiger partial charge in [-0.25, -0.2) is 4.79 Å². The molecule has 112 valence electrons. The number of fused-ring (bicyclic) bond motifs is 1. The minimum absolute atomic E-state index is 0.119. The maximum atomic E-state index is 12.5. The molecule has 6 nitrogen and oxygen atoms in total. The SMILES string of the molecule is CC(Cn1c(=O)[nH]c2ccccc2c1=O)N1CCOCC1. The van der Waals surface area contributed by atoms with Crippen LogP contribution in [0.2, 0.25) is 0 Å². The number of morpholine rings is 1. The predicted octanol–water partition coefficient (Wildman–Crippen LogP) is 0.410. The zero-order chi connectivity index (χ0) is 14.8. The van der Waals surface area contributed by atoms with Crippen LogP contribution in [0.15, 0.2) is 33.9 Å². The van der Waals surface area contributed by atoms with E-state index in [0.29, 0.717) is 30.7 Å². The molecule has 0 saturated carbocycles. The van der Waals surface area contributed by atoms with Crippen LogP contribution in [0.1, 0.15) is 6.92 Å². The zero-order valence-corrected chi connectivity index (χ0v) is 12.0. The smallest absolute Gasteiger partial charge is 0.328 e. The van der Waals surface area contributed by atoms with Gasteiger partial charge in [0.25, 0.3) is 5.56 Å². The van der Waals surface area contributed by atoms with Gasteiger partial charge >= 0.3 is 5.69 Å². The molecule has 1 fully saturated rings. The summed E-state index contributed by atoms with van der Waals surface area (Å²) in [5.74, 6) is 0. The predicted molar refractivity (Wildman–Crippen MR) is 80.7 cm³/mol. The van der Waals surface area contributed by atoms with Crippen LogP contribution < -0.4 is 11.2 Å². The number of benzene rings is 1. The Kier molecular flexibility index (Phi) is 3.90. The number of aromatic amines is 1. The van der Waals surface area contributed by atoms with E-state index < -0.39 is 0 Å². The summed E-state index contributed by atoms with van der Waals surface area (Å²) in [4.78, 5) is 29.6. The number of nitrogens with zero attached hydrogens (tertiary/aromatic N) is 2. The molecule has 1 aliphatic rings. The van der Waals surface area contributed by atoms with Crippen molar-refractivity contribution < 1.29 is 4.74 Å². The second-order valence-electron chi connectivity index (χ2n) is 5.39. The maximum Gasteiger partial charge on any atom is 0.328 e. The first kappa shape index (κ1) is 14.0. The number of hydrogen-bond acceptors (Lipinski definition) is 4. The number of ether oxygens (including phenoxy) is 1. The molecular formula is C15H19N3O3. The quantitative estimate of drug-likeness (QED) is 0.889. The number of aromatic nitrogens is 2. The van der Waals surface area contributed by atoms with E-state index in [4.69, 9.17) is 4.74 Å². The topological polar surface area (TPSA) is 67.3 Å². The van der Waals surface area contributed by atoms with Gasteiger partial charge in [0.05, 0.1) is 24.1 Å². The van der Waals surface area contributed by atoms with Crippen LogP contribution in [0, 0.1) is 0 Å². The van der Waals surface area contributed by atoms with Gasteiger partial charge in [-0.15, -0.1) is 0 Å². The Morgan fingerprint density at radius 3 is 2.71 bits per heavy atom. The fourth-order valence-corrected chi connectivity index (χ4v) is 2.76. The van der Waals surface area contributed by atoms with E-state index >= 15 is 0 Å². The minimum atomic E-state index is -0.348. The molecule has 1 unspecified atom stereocenters. The molecule has 1 atom stereocenters. The second-order valence-corrected chi connectivity index (χ2v) is 5.39. The Balaban J connectivity index is 1.93. The van der Waals surface area contributed by atoms with Crippen molar-refractivity contribution in [2.24, 2.45) is 0 Å². The van der Waals surface area contributed by atoms with E-state index in [1.54, 1.807) is 24.3 Å². The molecule has 1 aromatic heterocycles. The van der Waals surface area contributed by atoms with Gasteiger partial charge < -0.3 is 9.72 Å². The van der Waals surface area contributed by atoms with Crippen LogP contribution in [0.3, 0.4) is 0 Å². The lowest BCUT2D eigenvalue weighted by Crippen LogP contribution is -2.47. The summed E-state index contributed by atoms with van der Waals surface area (Å²) in [7, 11) is 0. The maximum absolute atomic E-state index is 12.5. The number of nitrogens with one attached hydrogen (secondary N) is 1. The van der Waals surface area contributed by atoms with E-state index in [1.165, 1.54) is 4.57 Å². The average Bonchev–Trinajstić information content (AvgIpc) is 2.52. The van der Waals surface area contributed by atoms with Crippen molar-refractivity contribution in [1.82, 2.24) is 14.5 Å². The minimum Gasteiger partial charge on any atom is -0.379 e. The molecule has 0 radical (unpaired) electrons. The molecule has 21 heavy (non-hydrogen) atoms. The largest absolute Gasteiger partial charge is 0.379 e. The second kappa shape index (κ2) is 5.83. The molecule has 0 spiro atoms. The van der Waals surface area contributed by atoms with Crippen molar-refractivity contribution in [1.29, 1.82) is 0 Å². The summed E-state index contributed by atoms with van der Waals surface area (Å²) >= 11 is 0. The summed E-state index contributed by atoms with van der Waals surface area (Å²) in [5, 5.41) is 0.547. The third-order valence-electron chi connectivity index (χ3n) is 4.01. The molecule has 1 aliphatic heterocycles. The number of para-hydroxylation sites is 1. The molecule has 1 N–H and O–H groups in total. The van der Waals surface area contributed by atoms with Crippen LogP contribution >= 0.6 is 0 Å². The highest BCUT2D eigenvalue weighted by molar-refractivity contribution is 5.76. The molecule has 2 heterocycles. The fourth-order valence-electron chi connectivity index (χ4n) is 2.76. The van der Waals surface area contributed by atoms with Crippen LogP contribution in [0.4, 0.5) is 0 Å². The summed E-state index contributed by atoms with van der Waals surface area (Å²) in [6.07, 6.45) is 0. The van der Waals surface area contributed by atoms with E-state index in [2.05, 4.69) is 9.88 Å². The van der Waals surface area contributed by atoms with Gasteiger partial charge in [-0.3, -0.25) is 14.3 Å². The van der Waals surface area contributed by atoms with Crippen molar-refractivity contribution in [2.75, 3.05) is 26.3 Å². The van der Waals surface area contributed by atoms with Crippen molar-refractivity contribution in [2.45, 2.75) is 19.5 Å². The molecule has 0 amide bonds. The molecule has 2 aromatic rings. The Morgan fingerprint density at radius 2 is 1.95 bits per heavy atom. The normalized spacial score (nSPS) is 18.0. The molecule has 0 aliphatic carbocycles. The van der Waals surface area contributed by atoms with Crippen LogP contribution in [0.5, 0.6) is 0 Å². The lowest BCUT2D eigenvalue weighted by molar-refractivity contribution is 0.0165. The van der Waals surface area contributed by atoms with Crippen LogP contribution in [-0.2, 0) is 11.3 Å². The van der Waals surface area contributed by atoms with E-state index in [1.807, 2.05) is 6.92 Å². The van der Waals surface area contributed by atoms with Gasteiger partial charge in [0.2, 0.25) is 0 Å². The highest BCUT2D eigenvalue weighted by Gasteiger charge is 2.19. The highest BCUT2D eigenvalue weighted by atomic mass is 16.5. The zero-order valence-electron chi connectivity index (χ0n) is 12.0. The third kappa shape index (κ3) is 2.77. The van der Waals surface area contributed by atoms with Gasteiger partial charge in [-0.2, -0.15) is 0 Å². The van der Waals surface area contributed by atoms with Gasteiger partial charge in [-0.1, -0.05) is 12.1 Å². The Hall–Kier alpha value is -1.92. The molecule has 1 aromatic carbocycles. The number of rotatable bonds is 3. The fraction of sp³-hybridized carbons (Fsp3) is 0.467. The van der Waals surface area contributed by atoms with Gasteiger partial charge in [0, 0.05) is 25.7 Å². The monoisotopic (exact) mass is 289 g/mol. The van der Waals surface area contributed by atoms with E-state index in [0.717, 1.165) is 13.1 Å². The molecule has 1 saturated heterocycles. The summed E-state index contributed by atoms with van der Waals surface area (Å²) in [5.41, 5.74) is 0.0102. The van der Waals surface area contributed by atoms with Crippen LogP contribution in [-0.4, -0.2) is 46.8 Å². The van der Waals surface area contributed by atoms with Crippen molar-refractivity contribution in [3.63, 3.8) is 0 Å². The van der Waals surface area contributed by atoms with Crippen LogP contribution in [0.25, 0.3) is 10.9 Å². The average molecular weight is 289 g/mol. The summed E-state index contributed by atoms with van der Waals surface area (Å²) < 4.78 is 6.62. The van der Waals surface area contributed by atoms with E-state index in [9.17, 15) is 9.59 Å².